The third-order valence-electron chi connectivity index (χ3n) is 3.76. The molecule has 3 N–H and O–H groups in total. The molecule has 1 aliphatic rings. The predicted molar refractivity (Wildman–Crippen MR) is 76.3 cm³/mol. The van der Waals surface area contributed by atoms with Crippen LogP contribution in [0.5, 0.6) is 5.75 Å². The Kier molecular flexibility index (Phi) is 4.30. The highest BCUT2D eigenvalue weighted by Gasteiger charge is 2.26. The van der Waals surface area contributed by atoms with Crippen LogP contribution in [0.4, 0.5) is 5.69 Å². The summed E-state index contributed by atoms with van der Waals surface area (Å²) in [6.45, 7) is 4.56. The molecule has 0 aliphatic heterocycles. The SMILES string of the molecule is CCOc1c(N)cccc1C(=O)NC1CCCC1C. The van der Waals surface area contributed by atoms with Crippen molar-refractivity contribution in [3.05, 3.63) is 23.8 Å². The number of rotatable bonds is 4. The quantitative estimate of drug-likeness (QED) is 0.820. The van der Waals surface area contributed by atoms with Crippen molar-refractivity contribution in [1.82, 2.24) is 5.32 Å². The molecule has 4 heteroatoms. The van der Waals surface area contributed by atoms with E-state index < -0.39 is 0 Å². The Hall–Kier alpha value is -1.71. The average molecular weight is 262 g/mol. The van der Waals surface area contributed by atoms with E-state index in [2.05, 4.69) is 12.2 Å². The van der Waals surface area contributed by atoms with Crippen LogP contribution in [0.15, 0.2) is 18.2 Å². The van der Waals surface area contributed by atoms with Gasteiger partial charge in [-0.25, -0.2) is 0 Å². The van der Waals surface area contributed by atoms with Crippen molar-refractivity contribution in [3.63, 3.8) is 0 Å². The lowest BCUT2D eigenvalue weighted by Gasteiger charge is -2.19. The molecule has 1 saturated carbocycles. The summed E-state index contributed by atoms with van der Waals surface area (Å²) in [5.74, 6) is 0.947. The summed E-state index contributed by atoms with van der Waals surface area (Å²) >= 11 is 0. The van der Waals surface area contributed by atoms with Crippen molar-refractivity contribution < 1.29 is 9.53 Å². The lowest BCUT2D eigenvalue weighted by atomic mass is 10.1. The number of nitrogen functional groups attached to an aromatic ring is 1. The third kappa shape index (κ3) is 3.00. The molecule has 19 heavy (non-hydrogen) atoms. The molecule has 2 unspecified atom stereocenters. The van der Waals surface area contributed by atoms with Crippen molar-refractivity contribution in [2.45, 2.75) is 39.2 Å². The fraction of sp³-hybridized carbons (Fsp3) is 0.533. The van der Waals surface area contributed by atoms with E-state index in [9.17, 15) is 4.79 Å². The topological polar surface area (TPSA) is 64.3 Å². The second kappa shape index (κ2) is 5.95. The first-order valence-corrected chi connectivity index (χ1v) is 6.95. The van der Waals surface area contributed by atoms with Crippen LogP contribution < -0.4 is 15.8 Å². The number of carbonyl (C=O) groups is 1. The second-order valence-corrected chi connectivity index (χ2v) is 5.15. The third-order valence-corrected chi connectivity index (χ3v) is 3.76. The summed E-state index contributed by atoms with van der Waals surface area (Å²) in [7, 11) is 0. The first-order chi connectivity index (χ1) is 9.13. The number of benzene rings is 1. The van der Waals surface area contributed by atoms with Crippen molar-refractivity contribution in [3.8, 4) is 5.75 Å². The highest BCUT2D eigenvalue weighted by molar-refractivity contribution is 5.98. The van der Waals surface area contributed by atoms with Gasteiger partial charge in [-0.2, -0.15) is 0 Å². The van der Waals surface area contributed by atoms with Crippen LogP contribution in [0.25, 0.3) is 0 Å². The molecule has 0 radical (unpaired) electrons. The minimum Gasteiger partial charge on any atom is -0.491 e. The van der Waals surface area contributed by atoms with E-state index in [0.717, 1.165) is 6.42 Å². The number of hydrogen-bond donors (Lipinski definition) is 2. The fourth-order valence-electron chi connectivity index (χ4n) is 2.65. The smallest absolute Gasteiger partial charge is 0.255 e. The zero-order valence-corrected chi connectivity index (χ0v) is 11.6. The number of anilines is 1. The maximum absolute atomic E-state index is 12.3. The highest BCUT2D eigenvalue weighted by Crippen LogP contribution is 2.28. The van der Waals surface area contributed by atoms with Crippen LogP contribution in [-0.2, 0) is 0 Å². The van der Waals surface area contributed by atoms with Crippen LogP contribution in [0.1, 0.15) is 43.5 Å². The predicted octanol–water partition coefficient (Wildman–Crippen LogP) is 2.59. The van der Waals surface area contributed by atoms with E-state index >= 15 is 0 Å². The number of para-hydroxylation sites is 1. The second-order valence-electron chi connectivity index (χ2n) is 5.15. The number of nitrogens with one attached hydrogen (secondary N) is 1. The standard InChI is InChI=1S/C15H22N2O2/c1-3-19-14-11(7-5-8-12(14)16)15(18)17-13-9-4-6-10(13)2/h5,7-8,10,13H,3-4,6,9,16H2,1-2H3,(H,17,18). The summed E-state index contributed by atoms with van der Waals surface area (Å²) in [6.07, 6.45) is 3.42. The molecule has 0 heterocycles. The highest BCUT2D eigenvalue weighted by atomic mass is 16.5. The molecule has 0 bridgehead atoms. The van der Waals surface area contributed by atoms with E-state index in [4.69, 9.17) is 10.5 Å². The van der Waals surface area contributed by atoms with Crippen LogP contribution in [0, 0.1) is 5.92 Å². The largest absolute Gasteiger partial charge is 0.491 e. The van der Waals surface area contributed by atoms with Crippen molar-refractivity contribution in [2.75, 3.05) is 12.3 Å². The molecule has 1 aliphatic carbocycles. The summed E-state index contributed by atoms with van der Waals surface area (Å²) in [5, 5.41) is 3.10. The van der Waals surface area contributed by atoms with Gasteiger partial charge in [0.15, 0.2) is 5.75 Å². The fourth-order valence-corrected chi connectivity index (χ4v) is 2.65. The zero-order chi connectivity index (χ0) is 13.8. The number of nitrogens with two attached hydrogens (primary N) is 1. The Balaban J connectivity index is 2.16. The molecule has 0 spiro atoms. The van der Waals surface area contributed by atoms with Crippen molar-refractivity contribution >= 4 is 11.6 Å². The van der Waals surface area contributed by atoms with E-state index in [1.807, 2.05) is 6.92 Å². The lowest BCUT2D eigenvalue weighted by molar-refractivity contribution is 0.0926. The van der Waals surface area contributed by atoms with Gasteiger partial charge in [0.25, 0.3) is 5.91 Å². The van der Waals surface area contributed by atoms with Crippen LogP contribution in [-0.4, -0.2) is 18.6 Å². The molecule has 2 atom stereocenters. The average Bonchev–Trinajstić information content (AvgIpc) is 2.78. The normalized spacial score (nSPS) is 22.2. The van der Waals surface area contributed by atoms with E-state index in [1.165, 1.54) is 12.8 Å². The minimum atomic E-state index is -0.0884. The van der Waals surface area contributed by atoms with Gasteiger partial charge in [0.1, 0.15) is 0 Å². The van der Waals surface area contributed by atoms with Crippen LogP contribution in [0.3, 0.4) is 0 Å². The van der Waals surface area contributed by atoms with Gasteiger partial charge in [-0.15, -0.1) is 0 Å². The van der Waals surface area contributed by atoms with E-state index in [1.54, 1.807) is 18.2 Å². The maximum Gasteiger partial charge on any atom is 0.255 e. The number of amides is 1. The number of carbonyl (C=O) groups excluding carboxylic acids is 1. The molecule has 1 fully saturated rings. The Morgan fingerprint density at radius 1 is 1.47 bits per heavy atom. The van der Waals surface area contributed by atoms with E-state index in [0.29, 0.717) is 29.5 Å². The van der Waals surface area contributed by atoms with Crippen LogP contribution in [0.2, 0.25) is 0 Å². The Morgan fingerprint density at radius 2 is 2.26 bits per heavy atom. The van der Waals surface area contributed by atoms with Gasteiger partial charge in [0.2, 0.25) is 0 Å². The maximum atomic E-state index is 12.3. The molecular weight excluding hydrogens is 240 g/mol. The summed E-state index contributed by atoms with van der Waals surface area (Å²) in [5.41, 5.74) is 6.91. The summed E-state index contributed by atoms with van der Waals surface area (Å²) in [4.78, 5) is 12.3. The first kappa shape index (κ1) is 13.7. The minimum absolute atomic E-state index is 0.0884. The van der Waals surface area contributed by atoms with Gasteiger partial charge in [-0.3, -0.25) is 4.79 Å². The monoisotopic (exact) mass is 262 g/mol. The molecule has 0 aromatic heterocycles. The van der Waals surface area contributed by atoms with Crippen molar-refractivity contribution in [1.29, 1.82) is 0 Å². The zero-order valence-electron chi connectivity index (χ0n) is 11.6. The molecule has 1 amide bonds. The first-order valence-electron chi connectivity index (χ1n) is 6.95. The lowest BCUT2D eigenvalue weighted by Crippen LogP contribution is -2.36. The number of ether oxygens (including phenoxy) is 1. The van der Waals surface area contributed by atoms with Gasteiger partial charge in [-0.05, 0) is 37.8 Å². The van der Waals surface area contributed by atoms with E-state index in [-0.39, 0.29) is 11.9 Å². The van der Waals surface area contributed by atoms with Crippen molar-refractivity contribution in [2.24, 2.45) is 5.92 Å². The molecule has 0 saturated heterocycles. The Labute approximate surface area is 114 Å². The van der Waals surface area contributed by atoms with Gasteiger partial charge in [0.05, 0.1) is 17.9 Å². The Bertz CT molecular complexity index is 459. The molecule has 4 nitrogen and oxygen atoms in total. The van der Waals surface area contributed by atoms with Gasteiger partial charge in [-0.1, -0.05) is 19.4 Å². The van der Waals surface area contributed by atoms with Crippen LogP contribution >= 0.6 is 0 Å². The molecule has 104 valence electrons. The van der Waals surface area contributed by atoms with Gasteiger partial charge >= 0.3 is 0 Å². The van der Waals surface area contributed by atoms with Gasteiger partial charge in [0, 0.05) is 6.04 Å². The molecule has 1 aromatic rings. The molecule has 2 rings (SSSR count). The molecule has 1 aromatic carbocycles. The summed E-state index contributed by atoms with van der Waals surface area (Å²) < 4.78 is 5.49. The van der Waals surface area contributed by atoms with Gasteiger partial charge < -0.3 is 15.8 Å². The number of hydrogen-bond acceptors (Lipinski definition) is 3. The molecular formula is C15H22N2O2. The summed E-state index contributed by atoms with van der Waals surface area (Å²) in [6, 6.07) is 5.56. The Morgan fingerprint density at radius 3 is 2.89 bits per heavy atom.